The van der Waals surface area contributed by atoms with Crippen LogP contribution in [0.15, 0.2) is 55.2 Å². The monoisotopic (exact) mass is 391 g/mol. The molecule has 1 amide bonds. The molecule has 0 unspecified atom stereocenters. The van der Waals surface area contributed by atoms with Gasteiger partial charge in [-0.2, -0.15) is 0 Å². The SMILES string of the molecule is COc1ncccc1C(=O)N1CCC(Oc2ncc(-c3ccncc3)cn2)CC1. The molecule has 0 aliphatic carbocycles. The number of rotatable bonds is 5. The number of nitrogens with zero attached hydrogens (tertiary/aromatic N) is 5. The first-order valence-corrected chi connectivity index (χ1v) is 9.42. The molecule has 3 aromatic rings. The Bertz CT molecular complexity index is 958. The molecular weight excluding hydrogens is 370 g/mol. The quantitative estimate of drug-likeness (QED) is 0.660. The topological polar surface area (TPSA) is 90.3 Å². The van der Waals surface area contributed by atoms with Crippen molar-refractivity contribution in [2.24, 2.45) is 0 Å². The minimum Gasteiger partial charge on any atom is -0.480 e. The summed E-state index contributed by atoms with van der Waals surface area (Å²) in [6.45, 7) is 1.19. The molecule has 0 saturated carbocycles. The summed E-state index contributed by atoms with van der Waals surface area (Å²) in [6, 6.07) is 7.63. The van der Waals surface area contributed by atoms with Crippen molar-refractivity contribution in [3.8, 4) is 23.0 Å². The van der Waals surface area contributed by atoms with Crippen LogP contribution in [0.1, 0.15) is 23.2 Å². The van der Waals surface area contributed by atoms with Crippen molar-refractivity contribution in [2.75, 3.05) is 20.2 Å². The number of amides is 1. The second-order valence-electron chi connectivity index (χ2n) is 6.66. The molecule has 3 aromatic heterocycles. The van der Waals surface area contributed by atoms with E-state index in [2.05, 4.69) is 19.9 Å². The van der Waals surface area contributed by atoms with Crippen molar-refractivity contribution in [1.82, 2.24) is 24.8 Å². The number of hydrogen-bond donors (Lipinski definition) is 0. The van der Waals surface area contributed by atoms with Crippen LogP contribution in [-0.2, 0) is 0 Å². The van der Waals surface area contributed by atoms with Gasteiger partial charge in [-0.05, 0) is 29.8 Å². The normalized spacial score (nSPS) is 14.4. The molecule has 4 heterocycles. The summed E-state index contributed by atoms with van der Waals surface area (Å²) in [6.07, 6.45) is 9.95. The molecular formula is C21H21N5O3. The largest absolute Gasteiger partial charge is 0.480 e. The summed E-state index contributed by atoms with van der Waals surface area (Å²) >= 11 is 0. The number of ether oxygens (including phenoxy) is 2. The van der Waals surface area contributed by atoms with E-state index in [-0.39, 0.29) is 12.0 Å². The fourth-order valence-electron chi connectivity index (χ4n) is 3.28. The zero-order valence-electron chi connectivity index (χ0n) is 16.1. The van der Waals surface area contributed by atoms with Crippen LogP contribution in [0.5, 0.6) is 11.9 Å². The number of likely N-dealkylation sites (tertiary alicyclic amines) is 1. The van der Waals surface area contributed by atoms with Crippen LogP contribution in [0.4, 0.5) is 0 Å². The first kappa shape index (κ1) is 18.8. The fourth-order valence-corrected chi connectivity index (χ4v) is 3.28. The van der Waals surface area contributed by atoms with Crippen molar-refractivity contribution >= 4 is 5.91 Å². The third kappa shape index (κ3) is 4.31. The second kappa shape index (κ2) is 8.64. The second-order valence-corrected chi connectivity index (χ2v) is 6.66. The molecule has 0 radical (unpaired) electrons. The van der Waals surface area contributed by atoms with Crippen LogP contribution in [0.25, 0.3) is 11.1 Å². The van der Waals surface area contributed by atoms with Crippen LogP contribution in [0.2, 0.25) is 0 Å². The van der Waals surface area contributed by atoms with Gasteiger partial charge in [-0.15, -0.1) is 0 Å². The van der Waals surface area contributed by atoms with E-state index in [0.29, 0.717) is 43.4 Å². The Morgan fingerprint density at radius 1 is 1.00 bits per heavy atom. The molecule has 0 spiro atoms. The lowest BCUT2D eigenvalue weighted by Gasteiger charge is -2.31. The number of carbonyl (C=O) groups is 1. The molecule has 0 aromatic carbocycles. The Labute approximate surface area is 168 Å². The number of methoxy groups -OCH3 is 1. The van der Waals surface area contributed by atoms with Gasteiger partial charge in [0.25, 0.3) is 5.91 Å². The van der Waals surface area contributed by atoms with Crippen LogP contribution < -0.4 is 9.47 Å². The van der Waals surface area contributed by atoms with Crippen LogP contribution in [0, 0.1) is 0 Å². The summed E-state index contributed by atoms with van der Waals surface area (Å²) in [5.41, 5.74) is 2.39. The average Bonchev–Trinajstić information content (AvgIpc) is 2.80. The standard InChI is InChI=1S/C21H21N5O3/c1-28-19-18(3-2-8-23-19)20(27)26-11-6-17(7-12-26)29-21-24-13-16(14-25-21)15-4-9-22-10-5-15/h2-5,8-10,13-14,17H,6-7,11-12H2,1H3. The summed E-state index contributed by atoms with van der Waals surface area (Å²) in [7, 11) is 1.51. The molecule has 4 rings (SSSR count). The van der Waals surface area contributed by atoms with E-state index >= 15 is 0 Å². The van der Waals surface area contributed by atoms with Crippen LogP contribution in [-0.4, -0.2) is 57.0 Å². The molecule has 0 N–H and O–H groups in total. The highest BCUT2D eigenvalue weighted by atomic mass is 16.5. The Morgan fingerprint density at radius 2 is 1.72 bits per heavy atom. The fraction of sp³-hybridized carbons (Fsp3) is 0.286. The lowest BCUT2D eigenvalue weighted by molar-refractivity contribution is 0.0575. The van der Waals surface area contributed by atoms with Gasteiger partial charge in [0, 0.05) is 62.5 Å². The first-order chi connectivity index (χ1) is 14.2. The van der Waals surface area contributed by atoms with Crippen LogP contribution in [0.3, 0.4) is 0 Å². The van der Waals surface area contributed by atoms with Crippen molar-refractivity contribution < 1.29 is 14.3 Å². The number of carbonyl (C=O) groups excluding carboxylic acids is 1. The van der Waals surface area contributed by atoms with E-state index in [0.717, 1.165) is 11.1 Å². The van der Waals surface area contributed by atoms with E-state index in [1.807, 2.05) is 12.1 Å². The molecule has 148 valence electrons. The Kier molecular flexibility index (Phi) is 5.60. The summed E-state index contributed by atoms with van der Waals surface area (Å²) in [5.74, 6) is 0.268. The van der Waals surface area contributed by atoms with Crippen molar-refractivity contribution in [3.63, 3.8) is 0 Å². The highest BCUT2D eigenvalue weighted by molar-refractivity contribution is 5.96. The van der Waals surface area contributed by atoms with Gasteiger partial charge in [0.1, 0.15) is 11.7 Å². The maximum absolute atomic E-state index is 12.8. The van der Waals surface area contributed by atoms with E-state index in [1.165, 1.54) is 7.11 Å². The molecule has 0 bridgehead atoms. The molecule has 0 atom stereocenters. The highest BCUT2D eigenvalue weighted by Gasteiger charge is 2.27. The van der Waals surface area contributed by atoms with E-state index in [1.54, 1.807) is 48.0 Å². The Morgan fingerprint density at radius 3 is 2.41 bits per heavy atom. The van der Waals surface area contributed by atoms with Gasteiger partial charge >= 0.3 is 6.01 Å². The van der Waals surface area contributed by atoms with Gasteiger partial charge < -0.3 is 14.4 Å². The highest BCUT2D eigenvalue weighted by Crippen LogP contribution is 2.22. The van der Waals surface area contributed by atoms with Crippen molar-refractivity contribution in [3.05, 3.63) is 60.8 Å². The number of pyridine rings is 2. The Balaban J connectivity index is 1.34. The summed E-state index contributed by atoms with van der Waals surface area (Å²) in [4.78, 5) is 31.3. The third-order valence-corrected chi connectivity index (χ3v) is 4.84. The third-order valence-electron chi connectivity index (χ3n) is 4.84. The lowest BCUT2D eigenvalue weighted by atomic mass is 10.1. The van der Waals surface area contributed by atoms with Gasteiger partial charge in [0.05, 0.1) is 7.11 Å². The van der Waals surface area contributed by atoms with E-state index in [9.17, 15) is 4.79 Å². The molecule has 1 saturated heterocycles. The molecule has 1 aliphatic rings. The summed E-state index contributed by atoms with van der Waals surface area (Å²) < 4.78 is 11.1. The molecule has 29 heavy (non-hydrogen) atoms. The average molecular weight is 391 g/mol. The van der Waals surface area contributed by atoms with Crippen LogP contribution >= 0.6 is 0 Å². The van der Waals surface area contributed by atoms with E-state index in [4.69, 9.17) is 9.47 Å². The zero-order valence-corrected chi connectivity index (χ0v) is 16.1. The maximum atomic E-state index is 12.8. The van der Waals surface area contributed by atoms with Crippen molar-refractivity contribution in [1.29, 1.82) is 0 Å². The number of hydrogen-bond acceptors (Lipinski definition) is 7. The van der Waals surface area contributed by atoms with Crippen molar-refractivity contribution in [2.45, 2.75) is 18.9 Å². The maximum Gasteiger partial charge on any atom is 0.316 e. The van der Waals surface area contributed by atoms with E-state index < -0.39 is 0 Å². The number of aromatic nitrogens is 4. The molecule has 1 fully saturated rings. The molecule has 1 aliphatic heterocycles. The molecule has 8 heteroatoms. The Hall–Kier alpha value is -3.55. The predicted molar refractivity (Wildman–Crippen MR) is 106 cm³/mol. The summed E-state index contributed by atoms with van der Waals surface area (Å²) in [5, 5.41) is 0. The van der Waals surface area contributed by atoms with Gasteiger partial charge in [0.15, 0.2) is 0 Å². The van der Waals surface area contributed by atoms with Gasteiger partial charge in [0.2, 0.25) is 5.88 Å². The smallest absolute Gasteiger partial charge is 0.316 e. The molecule has 8 nitrogen and oxygen atoms in total. The van der Waals surface area contributed by atoms with Gasteiger partial charge in [-0.3, -0.25) is 9.78 Å². The minimum atomic E-state index is -0.0775. The lowest BCUT2D eigenvalue weighted by Crippen LogP contribution is -2.42. The zero-order chi connectivity index (χ0) is 20.1. The number of piperidine rings is 1. The first-order valence-electron chi connectivity index (χ1n) is 9.42. The predicted octanol–water partition coefficient (Wildman–Crippen LogP) is 2.63. The van der Waals surface area contributed by atoms with Gasteiger partial charge in [-0.1, -0.05) is 0 Å². The van der Waals surface area contributed by atoms with Gasteiger partial charge in [-0.25, -0.2) is 15.0 Å². The minimum absolute atomic E-state index is 0.0263.